The molecule has 1 amide bonds. The molecule has 1 unspecified atom stereocenters. The maximum Gasteiger partial charge on any atom is 0.325 e. The number of carbonyl (C=O) groups excluding carboxylic acids is 1. The van der Waals surface area contributed by atoms with Gasteiger partial charge in [-0.15, -0.1) is 0 Å². The topological polar surface area (TPSA) is 83.0 Å². The van der Waals surface area contributed by atoms with Gasteiger partial charge in [0, 0.05) is 43.3 Å². The van der Waals surface area contributed by atoms with E-state index in [4.69, 9.17) is 4.74 Å². The molecule has 2 aliphatic rings. The van der Waals surface area contributed by atoms with Crippen molar-refractivity contribution < 1.29 is 23.8 Å². The summed E-state index contributed by atoms with van der Waals surface area (Å²) in [5.74, 6) is -1.65. The molecule has 1 spiro atoms. The van der Waals surface area contributed by atoms with Gasteiger partial charge in [-0.05, 0) is 49.1 Å². The Bertz CT molecular complexity index is 1270. The molecule has 0 radical (unpaired) electrons. The molecule has 35 heavy (non-hydrogen) atoms. The summed E-state index contributed by atoms with van der Waals surface area (Å²) in [6, 6.07) is 13.2. The number of likely N-dealkylation sites (tertiary alicyclic amines) is 1. The number of rotatable bonds is 5. The quantitative estimate of drug-likeness (QED) is 0.601. The van der Waals surface area contributed by atoms with Crippen LogP contribution in [0.25, 0.3) is 22.0 Å². The van der Waals surface area contributed by atoms with Crippen molar-refractivity contribution in [2.45, 2.75) is 31.4 Å². The van der Waals surface area contributed by atoms with Crippen LogP contribution in [-0.2, 0) is 14.3 Å². The molecule has 2 aromatic carbocycles. The first-order valence-corrected chi connectivity index (χ1v) is 11.9. The number of halogens is 1. The van der Waals surface area contributed by atoms with Crippen LogP contribution in [0.4, 0.5) is 4.39 Å². The molecule has 1 atom stereocenters. The monoisotopic (exact) mass is 477 g/mol. The Balaban J connectivity index is 1.36. The van der Waals surface area contributed by atoms with Crippen molar-refractivity contribution in [2.24, 2.45) is 0 Å². The van der Waals surface area contributed by atoms with Gasteiger partial charge in [0.15, 0.2) is 0 Å². The Morgan fingerprint density at radius 3 is 2.63 bits per heavy atom. The van der Waals surface area contributed by atoms with Crippen LogP contribution in [0.1, 0.15) is 31.4 Å². The molecule has 7 nitrogen and oxygen atoms in total. The van der Waals surface area contributed by atoms with E-state index in [0.29, 0.717) is 44.6 Å². The third kappa shape index (κ3) is 4.51. The maximum atomic E-state index is 15.3. The fraction of sp³-hybridized carbons (Fsp3) is 0.370. The fourth-order valence-corrected chi connectivity index (χ4v) is 5.23. The van der Waals surface area contributed by atoms with Gasteiger partial charge in [-0.3, -0.25) is 19.5 Å². The number of piperidine rings is 1. The average molecular weight is 478 g/mol. The van der Waals surface area contributed by atoms with Gasteiger partial charge >= 0.3 is 5.97 Å². The first-order valence-electron chi connectivity index (χ1n) is 11.9. The second-order valence-electron chi connectivity index (χ2n) is 9.30. The molecule has 5 rings (SSSR count). The number of pyridine rings is 1. The van der Waals surface area contributed by atoms with Gasteiger partial charge in [-0.25, -0.2) is 4.39 Å². The summed E-state index contributed by atoms with van der Waals surface area (Å²) in [5, 5.41) is 11.0. The van der Waals surface area contributed by atoms with Crippen LogP contribution >= 0.6 is 0 Å². The van der Waals surface area contributed by atoms with E-state index in [9.17, 15) is 14.7 Å². The average Bonchev–Trinajstić information content (AvgIpc) is 2.87. The Hall–Kier alpha value is -3.36. The molecule has 0 bridgehead atoms. The van der Waals surface area contributed by atoms with Crippen LogP contribution in [0, 0.1) is 5.82 Å². The highest BCUT2D eigenvalue weighted by atomic mass is 19.1. The fourth-order valence-electron chi connectivity index (χ4n) is 5.23. The van der Waals surface area contributed by atoms with E-state index >= 15 is 4.39 Å². The number of hydrogen-bond donors (Lipinski definition) is 1. The summed E-state index contributed by atoms with van der Waals surface area (Å²) >= 11 is 0. The Morgan fingerprint density at radius 2 is 1.91 bits per heavy atom. The van der Waals surface area contributed by atoms with Crippen molar-refractivity contribution in [1.29, 1.82) is 0 Å². The lowest BCUT2D eigenvalue weighted by molar-refractivity contribution is -0.173. The molecule has 182 valence electrons. The SMILES string of the molecule is CCN1CC2(CCN(C(C(=O)O)c3ccc(-c4ccc5cccnc5c4)cc3F)CC2)OCC1=O. The first kappa shape index (κ1) is 23.4. The molecule has 0 aliphatic carbocycles. The van der Waals surface area contributed by atoms with Crippen LogP contribution in [0.5, 0.6) is 0 Å². The predicted octanol–water partition coefficient (Wildman–Crippen LogP) is 3.88. The molecule has 2 fully saturated rings. The number of likely N-dealkylation sites (N-methyl/N-ethyl adjacent to an activating group) is 1. The number of hydrogen-bond acceptors (Lipinski definition) is 5. The Kier molecular flexibility index (Phi) is 6.25. The molecule has 3 heterocycles. The van der Waals surface area contributed by atoms with E-state index in [-0.39, 0.29) is 18.1 Å². The lowest BCUT2D eigenvalue weighted by atomic mass is 9.87. The number of aliphatic carboxylic acids is 1. The van der Waals surface area contributed by atoms with Crippen molar-refractivity contribution >= 4 is 22.8 Å². The van der Waals surface area contributed by atoms with Gasteiger partial charge in [0.2, 0.25) is 5.91 Å². The van der Waals surface area contributed by atoms with Crippen LogP contribution in [0.15, 0.2) is 54.7 Å². The van der Waals surface area contributed by atoms with Gasteiger partial charge in [0.25, 0.3) is 0 Å². The first-order chi connectivity index (χ1) is 16.9. The molecule has 8 heteroatoms. The number of amides is 1. The number of carbonyl (C=O) groups is 2. The lowest BCUT2D eigenvalue weighted by Crippen LogP contribution is -2.59. The second-order valence-corrected chi connectivity index (χ2v) is 9.30. The van der Waals surface area contributed by atoms with Crippen molar-refractivity contribution in [3.63, 3.8) is 0 Å². The van der Waals surface area contributed by atoms with E-state index in [0.717, 1.165) is 16.5 Å². The molecular weight excluding hydrogens is 449 g/mol. The molecule has 0 saturated carbocycles. The third-order valence-corrected chi connectivity index (χ3v) is 7.26. The number of aromatic nitrogens is 1. The van der Waals surface area contributed by atoms with Crippen LogP contribution < -0.4 is 0 Å². The normalized spacial score (nSPS) is 19.3. The van der Waals surface area contributed by atoms with Gasteiger partial charge in [-0.2, -0.15) is 0 Å². The molecule has 2 aliphatic heterocycles. The number of benzene rings is 2. The van der Waals surface area contributed by atoms with E-state index in [1.54, 1.807) is 28.1 Å². The molecular formula is C27H28FN3O4. The number of fused-ring (bicyclic) bond motifs is 1. The zero-order valence-electron chi connectivity index (χ0n) is 19.6. The number of carboxylic acids is 1. The highest BCUT2D eigenvalue weighted by Crippen LogP contribution is 2.36. The van der Waals surface area contributed by atoms with E-state index < -0.39 is 23.4 Å². The highest BCUT2D eigenvalue weighted by molar-refractivity contribution is 5.84. The third-order valence-electron chi connectivity index (χ3n) is 7.26. The molecule has 2 saturated heterocycles. The van der Waals surface area contributed by atoms with Crippen molar-refractivity contribution in [2.75, 3.05) is 32.8 Å². The van der Waals surface area contributed by atoms with Crippen LogP contribution in [-0.4, -0.2) is 70.2 Å². The second kappa shape index (κ2) is 9.36. The summed E-state index contributed by atoms with van der Waals surface area (Å²) in [4.78, 5) is 32.2. The van der Waals surface area contributed by atoms with E-state index in [2.05, 4.69) is 4.98 Å². The highest BCUT2D eigenvalue weighted by Gasteiger charge is 2.44. The summed E-state index contributed by atoms with van der Waals surface area (Å²) in [6.07, 6.45) is 2.89. The van der Waals surface area contributed by atoms with Crippen molar-refractivity contribution in [3.8, 4) is 11.1 Å². The Labute approximate surface area is 203 Å². The summed E-state index contributed by atoms with van der Waals surface area (Å²) < 4.78 is 21.2. The molecule has 1 N–H and O–H groups in total. The summed E-state index contributed by atoms with van der Waals surface area (Å²) in [6.45, 7) is 4.01. The van der Waals surface area contributed by atoms with Crippen molar-refractivity contribution in [3.05, 3.63) is 66.1 Å². The number of morpholine rings is 1. The lowest BCUT2D eigenvalue weighted by Gasteiger charge is -2.47. The molecule has 1 aromatic heterocycles. The van der Waals surface area contributed by atoms with Gasteiger partial charge in [0.1, 0.15) is 18.5 Å². The minimum Gasteiger partial charge on any atom is -0.480 e. The van der Waals surface area contributed by atoms with Crippen LogP contribution in [0.3, 0.4) is 0 Å². The zero-order valence-corrected chi connectivity index (χ0v) is 19.6. The van der Waals surface area contributed by atoms with Crippen molar-refractivity contribution in [1.82, 2.24) is 14.8 Å². The summed E-state index contributed by atoms with van der Waals surface area (Å²) in [5.41, 5.74) is 1.98. The standard InChI is InChI=1S/C27H28FN3O4/c1-2-30-17-27(35-16-24(30)32)9-12-31(13-10-27)25(26(33)34)21-8-7-19(14-22(21)28)20-6-5-18-4-3-11-29-23(18)15-20/h3-8,11,14-15,25H,2,9-10,12-13,16-17H2,1H3,(H,33,34). The summed E-state index contributed by atoms with van der Waals surface area (Å²) in [7, 11) is 0. The van der Waals surface area contributed by atoms with Gasteiger partial charge < -0.3 is 14.7 Å². The van der Waals surface area contributed by atoms with Crippen LogP contribution in [0.2, 0.25) is 0 Å². The minimum atomic E-state index is -1.09. The molecule has 3 aromatic rings. The smallest absolute Gasteiger partial charge is 0.325 e. The van der Waals surface area contributed by atoms with E-state index in [1.807, 2.05) is 37.3 Å². The van der Waals surface area contributed by atoms with Gasteiger partial charge in [0.05, 0.1) is 11.1 Å². The zero-order chi connectivity index (χ0) is 24.6. The van der Waals surface area contributed by atoms with E-state index in [1.165, 1.54) is 6.07 Å². The Morgan fingerprint density at radius 1 is 1.17 bits per heavy atom. The van der Waals surface area contributed by atoms with Gasteiger partial charge in [-0.1, -0.05) is 30.3 Å². The predicted molar refractivity (Wildman–Crippen MR) is 129 cm³/mol. The minimum absolute atomic E-state index is 0.0201. The number of carboxylic acid groups (broad SMARTS) is 1. The largest absolute Gasteiger partial charge is 0.480 e. The number of ether oxygens (including phenoxy) is 1. The maximum absolute atomic E-state index is 15.3. The number of nitrogens with zero attached hydrogens (tertiary/aromatic N) is 3.